The molecule has 0 spiro atoms. The van der Waals surface area contributed by atoms with E-state index in [0.717, 1.165) is 8.45 Å². The second-order valence-corrected chi connectivity index (χ2v) is 6.13. The van der Waals surface area contributed by atoms with Crippen molar-refractivity contribution in [3.63, 3.8) is 0 Å². The van der Waals surface area contributed by atoms with E-state index in [0.29, 0.717) is 9.90 Å². The average Bonchev–Trinajstić information content (AvgIpc) is 2.73. The summed E-state index contributed by atoms with van der Waals surface area (Å²) >= 11 is 10.9. The molecule has 0 aliphatic rings. The van der Waals surface area contributed by atoms with Gasteiger partial charge in [-0.15, -0.1) is 22.7 Å². The molecule has 0 aliphatic carbocycles. The summed E-state index contributed by atoms with van der Waals surface area (Å²) in [5, 5.41) is 3.74. The molecule has 5 heteroatoms. The number of halogens is 2. The maximum atomic E-state index is 11.9. The van der Waals surface area contributed by atoms with E-state index < -0.39 is 0 Å². The Balaban J connectivity index is 2.44. The Kier molecular flexibility index (Phi) is 3.26. The highest BCUT2D eigenvalue weighted by atomic mass is 127. The van der Waals surface area contributed by atoms with E-state index in [1.807, 2.05) is 16.8 Å². The quantitative estimate of drug-likeness (QED) is 0.580. The molecule has 72 valence electrons. The fourth-order valence-corrected chi connectivity index (χ4v) is 3.74. The second kappa shape index (κ2) is 4.30. The number of carbonyl (C=O) groups excluding carboxylic acids is 1. The summed E-state index contributed by atoms with van der Waals surface area (Å²) in [5.41, 5.74) is 0.608. The van der Waals surface area contributed by atoms with E-state index in [2.05, 4.69) is 22.6 Å². The molecular weight excluding hydrogens is 351 g/mol. The Hall–Kier alpha value is 0.0900. The Labute approximate surface area is 108 Å². The molecule has 0 saturated heterocycles. The molecule has 0 saturated carbocycles. The summed E-state index contributed by atoms with van der Waals surface area (Å²) in [6.07, 6.45) is 0. The first-order valence-electron chi connectivity index (χ1n) is 3.71. The number of hydrogen-bond donors (Lipinski definition) is 0. The van der Waals surface area contributed by atoms with Gasteiger partial charge in [-0.25, -0.2) is 0 Å². The molecule has 0 aromatic carbocycles. The first-order chi connectivity index (χ1) is 6.70. The highest BCUT2D eigenvalue weighted by molar-refractivity contribution is 14.1. The molecule has 0 radical (unpaired) electrons. The van der Waals surface area contributed by atoms with Crippen molar-refractivity contribution in [3.05, 3.63) is 41.2 Å². The third kappa shape index (κ3) is 1.88. The summed E-state index contributed by atoms with van der Waals surface area (Å²) in [5.74, 6) is 0.0238. The third-order valence-electron chi connectivity index (χ3n) is 1.69. The number of carbonyl (C=O) groups is 1. The van der Waals surface area contributed by atoms with Crippen LogP contribution in [0.25, 0.3) is 0 Å². The zero-order valence-corrected chi connectivity index (χ0v) is 11.3. The lowest BCUT2D eigenvalue weighted by atomic mass is 10.2. The van der Waals surface area contributed by atoms with Crippen molar-refractivity contribution in [2.24, 2.45) is 0 Å². The molecule has 2 heterocycles. The Morgan fingerprint density at radius 2 is 2.00 bits per heavy atom. The van der Waals surface area contributed by atoms with Crippen molar-refractivity contribution in [1.29, 1.82) is 0 Å². The normalized spacial score (nSPS) is 10.4. The van der Waals surface area contributed by atoms with Gasteiger partial charge in [-0.2, -0.15) is 0 Å². The van der Waals surface area contributed by atoms with Gasteiger partial charge in [0, 0.05) is 3.57 Å². The van der Waals surface area contributed by atoms with E-state index in [1.165, 1.54) is 22.7 Å². The molecule has 0 amide bonds. The molecule has 1 nitrogen and oxygen atoms in total. The van der Waals surface area contributed by atoms with Gasteiger partial charge in [0.1, 0.15) is 4.34 Å². The number of thiophene rings is 2. The van der Waals surface area contributed by atoms with Crippen LogP contribution >= 0.6 is 56.9 Å². The summed E-state index contributed by atoms with van der Waals surface area (Å²) in [6, 6.07) is 3.70. The van der Waals surface area contributed by atoms with E-state index >= 15 is 0 Å². The van der Waals surface area contributed by atoms with Gasteiger partial charge in [0.2, 0.25) is 5.78 Å². The van der Waals surface area contributed by atoms with Crippen molar-refractivity contribution in [3.8, 4) is 0 Å². The molecule has 0 fully saturated rings. The molecule has 0 aliphatic heterocycles. The number of ketones is 1. The van der Waals surface area contributed by atoms with Gasteiger partial charge in [-0.05, 0) is 45.5 Å². The van der Waals surface area contributed by atoms with Crippen LogP contribution < -0.4 is 0 Å². The van der Waals surface area contributed by atoms with E-state index in [1.54, 1.807) is 6.07 Å². The molecular formula is C9H4ClIOS2. The SMILES string of the molecule is O=C(c1ccsc1Cl)c1sccc1I. The zero-order valence-electron chi connectivity index (χ0n) is 6.79. The zero-order chi connectivity index (χ0) is 10.1. The number of hydrogen-bond acceptors (Lipinski definition) is 3. The Morgan fingerprint density at radius 1 is 1.29 bits per heavy atom. The van der Waals surface area contributed by atoms with Crippen LogP contribution in [0, 0.1) is 3.57 Å². The molecule has 2 aromatic heterocycles. The van der Waals surface area contributed by atoms with Crippen LogP contribution in [0.15, 0.2) is 22.9 Å². The van der Waals surface area contributed by atoms with Crippen LogP contribution in [0.5, 0.6) is 0 Å². The summed E-state index contributed by atoms with van der Waals surface area (Å²) in [6.45, 7) is 0. The minimum atomic E-state index is 0.0238. The maximum Gasteiger partial charge on any atom is 0.206 e. The first kappa shape index (κ1) is 10.6. The van der Waals surface area contributed by atoms with Gasteiger partial charge in [0.15, 0.2) is 0 Å². The predicted octanol–water partition coefficient (Wildman–Crippen LogP) is 4.30. The van der Waals surface area contributed by atoms with E-state index in [-0.39, 0.29) is 5.78 Å². The predicted molar refractivity (Wildman–Crippen MR) is 69.8 cm³/mol. The summed E-state index contributed by atoms with van der Waals surface area (Å²) in [7, 11) is 0. The molecule has 0 N–H and O–H groups in total. The topological polar surface area (TPSA) is 17.1 Å². The standard InChI is InChI=1S/C9H4ClIOS2/c10-9-5(1-3-14-9)7(12)8-6(11)2-4-13-8/h1-4H. The van der Waals surface area contributed by atoms with Gasteiger partial charge in [0.05, 0.1) is 10.4 Å². The minimum absolute atomic E-state index is 0.0238. The van der Waals surface area contributed by atoms with Gasteiger partial charge in [0.25, 0.3) is 0 Å². The molecule has 0 atom stereocenters. The van der Waals surface area contributed by atoms with Gasteiger partial charge < -0.3 is 0 Å². The molecule has 2 aromatic rings. The van der Waals surface area contributed by atoms with Crippen molar-refractivity contribution in [2.75, 3.05) is 0 Å². The lowest BCUT2D eigenvalue weighted by Crippen LogP contribution is -1.98. The van der Waals surface area contributed by atoms with E-state index in [4.69, 9.17) is 11.6 Å². The highest BCUT2D eigenvalue weighted by Gasteiger charge is 2.17. The van der Waals surface area contributed by atoms with Gasteiger partial charge in [-0.3, -0.25) is 4.79 Å². The smallest absolute Gasteiger partial charge is 0.206 e. The Morgan fingerprint density at radius 3 is 2.50 bits per heavy atom. The van der Waals surface area contributed by atoms with Crippen molar-refractivity contribution in [1.82, 2.24) is 0 Å². The monoisotopic (exact) mass is 354 g/mol. The maximum absolute atomic E-state index is 11.9. The summed E-state index contributed by atoms with van der Waals surface area (Å²) in [4.78, 5) is 12.7. The van der Waals surface area contributed by atoms with Crippen LogP contribution in [0.1, 0.15) is 15.2 Å². The molecule has 0 unspecified atom stereocenters. The fraction of sp³-hybridized carbons (Fsp3) is 0. The average molecular weight is 355 g/mol. The highest BCUT2D eigenvalue weighted by Crippen LogP contribution is 2.28. The van der Waals surface area contributed by atoms with Crippen LogP contribution in [0.2, 0.25) is 4.34 Å². The van der Waals surface area contributed by atoms with E-state index in [9.17, 15) is 4.79 Å². The number of rotatable bonds is 2. The van der Waals surface area contributed by atoms with Crippen LogP contribution in [0.4, 0.5) is 0 Å². The van der Waals surface area contributed by atoms with Crippen molar-refractivity contribution in [2.45, 2.75) is 0 Å². The largest absolute Gasteiger partial charge is 0.288 e. The van der Waals surface area contributed by atoms with Crippen molar-refractivity contribution >= 4 is 62.6 Å². The first-order valence-corrected chi connectivity index (χ1v) is 6.92. The molecule has 0 bridgehead atoms. The van der Waals surface area contributed by atoms with Crippen LogP contribution in [-0.4, -0.2) is 5.78 Å². The minimum Gasteiger partial charge on any atom is -0.288 e. The lowest BCUT2D eigenvalue weighted by Gasteiger charge is -1.95. The van der Waals surface area contributed by atoms with Crippen LogP contribution in [-0.2, 0) is 0 Å². The van der Waals surface area contributed by atoms with Gasteiger partial charge in [-0.1, -0.05) is 11.6 Å². The third-order valence-corrected chi connectivity index (χ3v) is 5.03. The van der Waals surface area contributed by atoms with Crippen LogP contribution in [0.3, 0.4) is 0 Å². The second-order valence-electron chi connectivity index (χ2n) is 2.53. The van der Waals surface area contributed by atoms with Crippen molar-refractivity contribution < 1.29 is 4.79 Å². The fourth-order valence-electron chi connectivity index (χ4n) is 1.03. The molecule has 2 rings (SSSR count). The molecule has 14 heavy (non-hydrogen) atoms. The lowest BCUT2D eigenvalue weighted by molar-refractivity contribution is 0.104. The Bertz CT molecular complexity index is 432. The van der Waals surface area contributed by atoms with Gasteiger partial charge >= 0.3 is 0 Å². The summed E-state index contributed by atoms with van der Waals surface area (Å²) < 4.78 is 1.55.